The summed E-state index contributed by atoms with van der Waals surface area (Å²) in [6.07, 6.45) is 1.24. The van der Waals surface area contributed by atoms with Crippen molar-refractivity contribution in [2.45, 2.75) is 39.8 Å². The van der Waals surface area contributed by atoms with E-state index in [9.17, 15) is 4.79 Å². The van der Waals surface area contributed by atoms with Gasteiger partial charge in [-0.2, -0.15) is 4.98 Å². The van der Waals surface area contributed by atoms with Crippen molar-refractivity contribution in [3.05, 3.63) is 12.2 Å². The van der Waals surface area contributed by atoms with Gasteiger partial charge in [-0.05, 0) is 27.7 Å². The molecule has 1 heterocycles. The first kappa shape index (κ1) is 12.6. The summed E-state index contributed by atoms with van der Waals surface area (Å²) >= 11 is 0. The van der Waals surface area contributed by atoms with Crippen molar-refractivity contribution < 1.29 is 14.4 Å². The first-order valence-corrected chi connectivity index (χ1v) is 5.01. The molecule has 1 aromatic rings. The van der Waals surface area contributed by atoms with Crippen molar-refractivity contribution in [2.24, 2.45) is 5.41 Å². The lowest BCUT2D eigenvalue weighted by Gasteiger charge is -2.38. The minimum Gasteiger partial charge on any atom is -0.481 e. The van der Waals surface area contributed by atoms with Crippen molar-refractivity contribution in [1.29, 1.82) is 0 Å². The summed E-state index contributed by atoms with van der Waals surface area (Å²) in [7, 11) is 0. The van der Waals surface area contributed by atoms with E-state index in [1.807, 2.05) is 13.8 Å². The maximum Gasteiger partial charge on any atom is 0.310 e. The molecule has 16 heavy (non-hydrogen) atoms. The van der Waals surface area contributed by atoms with Crippen LogP contribution in [-0.4, -0.2) is 26.8 Å². The van der Waals surface area contributed by atoms with Crippen LogP contribution in [0.25, 0.3) is 0 Å². The molecule has 1 rings (SSSR count). The predicted octanol–water partition coefficient (Wildman–Crippen LogP) is 1.05. The summed E-state index contributed by atoms with van der Waals surface area (Å²) in [5.74, 6) is -0.340. The second-order valence-electron chi connectivity index (χ2n) is 4.76. The third-order valence-corrected chi connectivity index (χ3v) is 3.19. The van der Waals surface area contributed by atoms with Crippen LogP contribution in [0.2, 0.25) is 0 Å². The van der Waals surface area contributed by atoms with Gasteiger partial charge in [0.2, 0.25) is 6.39 Å². The van der Waals surface area contributed by atoms with Gasteiger partial charge in [0.25, 0.3) is 0 Å². The lowest BCUT2D eigenvalue weighted by molar-refractivity contribution is -0.151. The molecule has 0 radical (unpaired) electrons. The van der Waals surface area contributed by atoms with Crippen LogP contribution in [0.15, 0.2) is 10.9 Å². The Balaban J connectivity index is 2.68. The lowest BCUT2D eigenvalue weighted by Crippen LogP contribution is -2.54. The molecule has 0 atom stereocenters. The maximum atomic E-state index is 11.1. The van der Waals surface area contributed by atoms with E-state index in [4.69, 9.17) is 5.11 Å². The number of aliphatic carboxylic acids is 1. The number of carboxylic acid groups (broad SMARTS) is 1. The number of aromatic nitrogens is 2. The number of carboxylic acids is 1. The van der Waals surface area contributed by atoms with Gasteiger partial charge in [-0.3, -0.25) is 4.79 Å². The molecule has 0 amide bonds. The van der Waals surface area contributed by atoms with Gasteiger partial charge < -0.3 is 14.9 Å². The minimum atomic E-state index is -0.892. The highest BCUT2D eigenvalue weighted by Crippen LogP contribution is 2.30. The van der Waals surface area contributed by atoms with E-state index < -0.39 is 16.9 Å². The van der Waals surface area contributed by atoms with Gasteiger partial charge in [-0.15, -0.1) is 0 Å². The summed E-state index contributed by atoms with van der Waals surface area (Å²) in [6, 6.07) is 0. The van der Waals surface area contributed by atoms with Gasteiger partial charge in [0.05, 0.1) is 12.0 Å². The molecule has 0 unspecified atom stereocenters. The summed E-state index contributed by atoms with van der Waals surface area (Å²) in [4.78, 5) is 15.0. The number of nitrogens with zero attached hydrogens (tertiary/aromatic N) is 2. The molecule has 0 aliphatic rings. The fraction of sp³-hybridized carbons (Fsp3) is 0.700. The van der Waals surface area contributed by atoms with E-state index in [0.717, 1.165) is 0 Å². The molecule has 6 heteroatoms. The second kappa shape index (κ2) is 4.21. The van der Waals surface area contributed by atoms with Crippen molar-refractivity contribution >= 4 is 5.97 Å². The van der Waals surface area contributed by atoms with Crippen molar-refractivity contribution in [1.82, 2.24) is 15.5 Å². The zero-order chi connectivity index (χ0) is 12.4. The van der Waals surface area contributed by atoms with E-state index in [1.54, 1.807) is 13.8 Å². The number of hydrogen-bond acceptors (Lipinski definition) is 5. The van der Waals surface area contributed by atoms with E-state index in [-0.39, 0.29) is 0 Å². The fourth-order valence-corrected chi connectivity index (χ4v) is 1.06. The number of carbonyl (C=O) groups is 1. The van der Waals surface area contributed by atoms with E-state index in [1.165, 1.54) is 6.39 Å². The SMILES string of the molecule is CC(C)(NCc1ncon1)C(C)(C)C(=O)O. The van der Waals surface area contributed by atoms with Gasteiger partial charge in [0, 0.05) is 5.54 Å². The second-order valence-corrected chi connectivity index (χ2v) is 4.76. The van der Waals surface area contributed by atoms with Gasteiger partial charge in [0.15, 0.2) is 5.82 Å². The molecule has 90 valence electrons. The number of hydrogen-bond donors (Lipinski definition) is 2. The van der Waals surface area contributed by atoms with Crippen LogP contribution in [-0.2, 0) is 11.3 Å². The first-order chi connectivity index (χ1) is 7.27. The van der Waals surface area contributed by atoms with Gasteiger partial charge in [0.1, 0.15) is 0 Å². The normalized spacial score (nSPS) is 12.8. The highest BCUT2D eigenvalue weighted by Gasteiger charge is 2.43. The van der Waals surface area contributed by atoms with E-state index in [2.05, 4.69) is 20.0 Å². The summed E-state index contributed by atoms with van der Waals surface area (Å²) in [6.45, 7) is 7.40. The molecule has 0 aliphatic heterocycles. The van der Waals surface area contributed by atoms with Gasteiger partial charge in [-0.1, -0.05) is 5.16 Å². The molecule has 1 aromatic heterocycles. The molecule has 6 nitrogen and oxygen atoms in total. The Labute approximate surface area is 94.0 Å². The third-order valence-electron chi connectivity index (χ3n) is 3.19. The Bertz CT molecular complexity index is 357. The summed E-state index contributed by atoms with van der Waals surface area (Å²) in [5.41, 5.74) is -1.48. The van der Waals surface area contributed by atoms with Crippen molar-refractivity contribution in [3.8, 4) is 0 Å². The average molecular weight is 227 g/mol. The Hall–Kier alpha value is -1.43. The minimum absolute atomic E-state index is 0.375. The molecule has 0 aromatic carbocycles. The highest BCUT2D eigenvalue weighted by molar-refractivity contribution is 5.75. The Morgan fingerprint density at radius 3 is 2.56 bits per heavy atom. The van der Waals surface area contributed by atoms with Crippen LogP contribution < -0.4 is 5.32 Å². The van der Waals surface area contributed by atoms with Crippen LogP contribution in [0.3, 0.4) is 0 Å². The zero-order valence-corrected chi connectivity index (χ0v) is 9.94. The average Bonchev–Trinajstić information content (AvgIpc) is 2.66. The molecule has 0 fully saturated rings. The number of nitrogens with one attached hydrogen (secondary N) is 1. The Morgan fingerprint density at radius 2 is 2.12 bits per heavy atom. The monoisotopic (exact) mass is 227 g/mol. The van der Waals surface area contributed by atoms with Gasteiger partial charge in [-0.25, -0.2) is 0 Å². The van der Waals surface area contributed by atoms with Crippen LogP contribution in [0.5, 0.6) is 0 Å². The molecule has 0 saturated heterocycles. The van der Waals surface area contributed by atoms with Crippen LogP contribution >= 0.6 is 0 Å². The quantitative estimate of drug-likeness (QED) is 0.781. The molecule has 0 saturated carbocycles. The standard InChI is InChI=1S/C10H17N3O3/c1-9(2,8(14)15)10(3,4)12-5-7-11-6-16-13-7/h6,12H,5H2,1-4H3,(H,14,15). The summed E-state index contributed by atoms with van der Waals surface area (Å²) in [5, 5.41) is 15.9. The van der Waals surface area contributed by atoms with Crippen LogP contribution in [0.1, 0.15) is 33.5 Å². The van der Waals surface area contributed by atoms with Gasteiger partial charge >= 0.3 is 5.97 Å². The largest absolute Gasteiger partial charge is 0.481 e. The first-order valence-electron chi connectivity index (χ1n) is 5.01. The fourth-order valence-electron chi connectivity index (χ4n) is 1.06. The third kappa shape index (κ3) is 2.38. The molecular weight excluding hydrogens is 210 g/mol. The number of rotatable bonds is 5. The highest BCUT2D eigenvalue weighted by atomic mass is 16.5. The molecule has 0 bridgehead atoms. The zero-order valence-electron chi connectivity index (χ0n) is 9.94. The molecule has 0 aliphatic carbocycles. The molecule has 0 spiro atoms. The lowest BCUT2D eigenvalue weighted by atomic mass is 9.74. The molecular formula is C10H17N3O3. The smallest absolute Gasteiger partial charge is 0.310 e. The Morgan fingerprint density at radius 1 is 1.50 bits per heavy atom. The Kier molecular flexibility index (Phi) is 3.32. The predicted molar refractivity (Wildman–Crippen MR) is 56.6 cm³/mol. The van der Waals surface area contributed by atoms with Crippen LogP contribution in [0, 0.1) is 5.41 Å². The van der Waals surface area contributed by atoms with Crippen molar-refractivity contribution in [2.75, 3.05) is 0 Å². The maximum absolute atomic E-state index is 11.1. The van der Waals surface area contributed by atoms with E-state index in [0.29, 0.717) is 12.4 Å². The summed E-state index contributed by atoms with van der Waals surface area (Å²) < 4.78 is 4.60. The van der Waals surface area contributed by atoms with Crippen molar-refractivity contribution in [3.63, 3.8) is 0 Å². The van der Waals surface area contributed by atoms with E-state index >= 15 is 0 Å². The van der Waals surface area contributed by atoms with Crippen LogP contribution in [0.4, 0.5) is 0 Å². The topological polar surface area (TPSA) is 88.3 Å². The molecule has 2 N–H and O–H groups in total.